The van der Waals surface area contributed by atoms with E-state index in [1.165, 1.54) is 0 Å². The highest BCUT2D eigenvalue weighted by Crippen LogP contribution is 2.24. The van der Waals surface area contributed by atoms with Crippen LogP contribution in [-0.2, 0) is 16.3 Å². The van der Waals surface area contributed by atoms with E-state index < -0.39 is 9.84 Å². The molecule has 1 aromatic carbocycles. The average Bonchev–Trinajstić information content (AvgIpc) is 2.36. The summed E-state index contributed by atoms with van der Waals surface area (Å²) in [5.41, 5.74) is 7.98. The minimum Gasteiger partial charge on any atom is -0.493 e. The molecule has 114 valence electrons. The molecule has 20 heavy (non-hydrogen) atoms. The lowest BCUT2D eigenvalue weighted by atomic mass is 10.0. The van der Waals surface area contributed by atoms with Crippen LogP contribution in [-0.4, -0.2) is 32.6 Å². The van der Waals surface area contributed by atoms with Gasteiger partial charge < -0.3 is 10.5 Å². The van der Waals surface area contributed by atoms with Crippen LogP contribution in [0.15, 0.2) is 18.2 Å². The molecule has 0 heterocycles. The Morgan fingerprint density at radius 1 is 1.35 bits per heavy atom. The Balaban J connectivity index is 2.63. The predicted molar refractivity (Wildman–Crippen MR) is 83.0 cm³/mol. The van der Waals surface area contributed by atoms with Crippen molar-refractivity contribution in [3.63, 3.8) is 0 Å². The fourth-order valence-electron chi connectivity index (χ4n) is 2.02. The summed E-state index contributed by atoms with van der Waals surface area (Å²) in [6.07, 6.45) is 1.27. The van der Waals surface area contributed by atoms with Gasteiger partial charge in [-0.05, 0) is 37.8 Å². The van der Waals surface area contributed by atoms with E-state index in [4.69, 9.17) is 10.5 Å². The molecule has 1 aromatic rings. The Morgan fingerprint density at radius 3 is 2.65 bits per heavy atom. The zero-order chi connectivity index (χ0) is 15.2. The number of benzene rings is 1. The molecule has 4 nitrogen and oxygen atoms in total. The number of hydrogen-bond donors (Lipinski definition) is 1. The lowest BCUT2D eigenvalue weighted by Gasteiger charge is -2.15. The molecule has 2 N–H and O–H groups in total. The van der Waals surface area contributed by atoms with Gasteiger partial charge >= 0.3 is 0 Å². The largest absolute Gasteiger partial charge is 0.493 e. The molecule has 1 rings (SSSR count). The second-order valence-corrected chi connectivity index (χ2v) is 7.66. The number of ether oxygens (including phenoxy) is 1. The number of nitrogens with two attached hydrogens (primary N) is 1. The van der Waals surface area contributed by atoms with Gasteiger partial charge in [-0.1, -0.05) is 25.1 Å². The van der Waals surface area contributed by atoms with Crippen molar-refractivity contribution in [3.8, 4) is 5.75 Å². The summed E-state index contributed by atoms with van der Waals surface area (Å²) in [6, 6.07) is 6.05. The van der Waals surface area contributed by atoms with E-state index in [-0.39, 0.29) is 17.5 Å². The van der Waals surface area contributed by atoms with Gasteiger partial charge in [-0.2, -0.15) is 0 Å². The zero-order valence-electron chi connectivity index (χ0n) is 12.6. The maximum Gasteiger partial charge on any atom is 0.150 e. The second kappa shape index (κ2) is 7.64. The predicted octanol–water partition coefficient (Wildman–Crippen LogP) is 2.09. The molecular weight excluding hydrogens is 274 g/mol. The highest BCUT2D eigenvalue weighted by Gasteiger charge is 2.10. The smallest absolute Gasteiger partial charge is 0.150 e. The van der Waals surface area contributed by atoms with E-state index in [2.05, 4.69) is 0 Å². The number of sulfone groups is 1. The lowest BCUT2D eigenvalue weighted by Crippen LogP contribution is -2.19. The van der Waals surface area contributed by atoms with Crippen LogP contribution in [0.3, 0.4) is 0 Å². The number of aryl methyl sites for hydroxylation is 1. The minimum atomic E-state index is -2.91. The third kappa shape index (κ3) is 5.51. The zero-order valence-corrected chi connectivity index (χ0v) is 13.4. The molecule has 0 spiro atoms. The van der Waals surface area contributed by atoms with Crippen LogP contribution in [0.4, 0.5) is 0 Å². The van der Waals surface area contributed by atoms with Crippen molar-refractivity contribution in [3.05, 3.63) is 29.3 Å². The van der Waals surface area contributed by atoms with E-state index in [0.717, 1.165) is 23.3 Å². The van der Waals surface area contributed by atoms with Gasteiger partial charge in [-0.15, -0.1) is 0 Å². The molecule has 0 aliphatic carbocycles. The molecule has 0 bridgehead atoms. The highest BCUT2D eigenvalue weighted by atomic mass is 32.2. The summed E-state index contributed by atoms with van der Waals surface area (Å²) in [5.74, 6) is 1.21. The van der Waals surface area contributed by atoms with Gasteiger partial charge in [0.05, 0.1) is 12.4 Å². The average molecular weight is 299 g/mol. The minimum absolute atomic E-state index is 0.0691. The van der Waals surface area contributed by atoms with E-state index >= 15 is 0 Å². The number of rotatable bonds is 8. The summed E-state index contributed by atoms with van der Waals surface area (Å²) in [6.45, 7) is 6.02. The SMILES string of the molecule is CCS(=O)(=O)CCCOc1c(C)cccc1CC(C)N. The van der Waals surface area contributed by atoms with E-state index in [1.807, 2.05) is 32.0 Å². The number of para-hydroxylation sites is 1. The van der Waals surface area contributed by atoms with Crippen molar-refractivity contribution in [2.75, 3.05) is 18.1 Å². The van der Waals surface area contributed by atoms with Crippen molar-refractivity contribution in [2.24, 2.45) is 5.73 Å². The van der Waals surface area contributed by atoms with Crippen LogP contribution >= 0.6 is 0 Å². The van der Waals surface area contributed by atoms with Crippen molar-refractivity contribution < 1.29 is 13.2 Å². The molecule has 0 fully saturated rings. The monoisotopic (exact) mass is 299 g/mol. The molecule has 1 atom stereocenters. The highest BCUT2D eigenvalue weighted by molar-refractivity contribution is 7.91. The number of hydrogen-bond acceptors (Lipinski definition) is 4. The molecule has 0 aliphatic rings. The molecule has 0 saturated heterocycles. The Kier molecular flexibility index (Phi) is 6.49. The van der Waals surface area contributed by atoms with Crippen molar-refractivity contribution in [1.82, 2.24) is 0 Å². The van der Waals surface area contributed by atoms with Crippen LogP contribution in [0.2, 0.25) is 0 Å². The third-order valence-electron chi connectivity index (χ3n) is 3.12. The Hall–Kier alpha value is -1.07. The topological polar surface area (TPSA) is 69.4 Å². The van der Waals surface area contributed by atoms with E-state index in [0.29, 0.717) is 13.0 Å². The molecule has 0 saturated carbocycles. The van der Waals surface area contributed by atoms with Crippen molar-refractivity contribution in [1.29, 1.82) is 0 Å². The van der Waals surface area contributed by atoms with Gasteiger partial charge in [0.25, 0.3) is 0 Å². The first kappa shape index (κ1) is 17.0. The van der Waals surface area contributed by atoms with E-state index in [9.17, 15) is 8.42 Å². The molecule has 5 heteroatoms. The van der Waals surface area contributed by atoms with Gasteiger partial charge in [0.2, 0.25) is 0 Å². The van der Waals surface area contributed by atoms with Crippen LogP contribution < -0.4 is 10.5 Å². The standard InChI is InChI=1S/C15H25NO3S/c1-4-20(17,18)10-6-9-19-15-12(2)7-5-8-14(15)11-13(3)16/h5,7-8,13H,4,6,9-11,16H2,1-3H3. The summed E-state index contributed by atoms with van der Waals surface area (Å²) >= 11 is 0. The summed E-state index contributed by atoms with van der Waals surface area (Å²) in [5, 5.41) is 0. The van der Waals surface area contributed by atoms with Gasteiger partial charge in [0.15, 0.2) is 0 Å². The summed E-state index contributed by atoms with van der Waals surface area (Å²) in [4.78, 5) is 0. The van der Waals surface area contributed by atoms with Crippen LogP contribution in [0.25, 0.3) is 0 Å². The van der Waals surface area contributed by atoms with Gasteiger partial charge in [-0.25, -0.2) is 8.42 Å². The summed E-state index contributed by atoms with van der Waals surface area (Å²) < 4.78 is 28.6. The normalized spacial score (nSPS) is 13.2. The van der Waals surface area contributed by atoms with Crippen molar-refractivity contribution >= 4 is 9.84 Å². The molecular formula is C15H25NO3S. The first-order valence-electron chi connectivity index (χ1n) is 7.03. The Labute approximate surface area is 122 Å². The fraction of sp³-hybridized carbons (Fsp3) is 0.600. The molecule has 0 aliphatic heterocycles. The second-order valence-electron chi connectivity index (χ2n) is 5.18. The molecule has 0 amide bonds. The van der Waals surface area contributed by atoms with Crippen LogP contribution in [0.5, 0.6) is 5.75 Å². The van der Waals surface area contributed by atoms with Gasteiger partial charge in [0, 0.05) is 11.8 Å². The fourth-order valence-corrected chi connectivity index (χ4v) is 2.87. The van der Waals surface area contributed by atoms with Crippen LogP contribution in [0.1, 0.15) is 31.4 Å². The Morgan fingerprint density at radius 2 is 2.05 bits per heavy atom. The maximum absolute atomic E-state index is 11.4. The summed E-state index contributed by atoms with van der Waals surface area (Å²) in [7, 11) is -2.91. The molecule has 0 radical (unpaired) electrons. The van der Waals surface area contributed by atoms with Gasteiger partial charge in [0.1, 0.15) is 15.6 Å². The Bertz CT molecular complexity index is 524. The van der Waals surface area contributed by atoms with Gasteiger partial charge in [-0.3, -0.25) is 0 Å². The van der Waals surface area contributed by atoms with Crippen molar-refractivity contribution in [2.45, 2.75) is 39.7 Å². The van der Waals surface area contributed by atoms with E-state index in [1.54, 1.807) is 6.92 Å². The molecule has 0 aromatic heterocycles. The van der Waals surface area contributed by atoms with Crippen LogP contribution in [0, 0.1) is 6.92 Å². The first-order chi connectivity index (χ1) is 9.35. The third-order valence-corrected chi connectivity index (χ3v) is 4.91. The first-order valence-corrected chi connectivity index (χ1v) is 8.85. The lowest BCUT2D eigenvalue weighted by molar-refractivity contribution is 0.311. The quantitative estimate of drug-likeness (QED) is 0.746. The molecule has 1 unspecified atom stereocenters. The maximum atomic E-state index is 11.4.